The normalized spacial score (nSPS) is 10.4. The summed E-state index contributed by atoms with van der Waals surface area (Å²) in [4.78, 5) is 18.6. The quantitative estimate of drug-likeness (QED) is 0.836. The molecule has 0 unspecified atom stereocenters. The third-order valence-electron chi connectivity index (χ3n) is 3.63. The number of carbonyl (C=O) groups excluding carboxylic acids is 1. The molecule has 0 spiro atoms. The molecule has 1 amide bonds. The highest BCUT2D eigenvalue weighted by Gasteiger charge is 2.09. The smallest absolute Gasteiger partial charge is 0.270 e. The van der Waals surface area contributed by atoms with Gasteiger partial charge in [0.15, 0.2) is 0 Å². The highest BCUT2D eigenvalue weighted by molar-refractivity contribution is 6.30. The minimum Gasteiger partial charge on any atom is -0.374 e. The first-order valence-electron chi connectivity index (χ1n) is 7.80. The van der Waals surface area contributed by atoms with Crippen molar-refractivity contribution < 1.29 is 4.79 Å². The van der Waals surface area contributed by atoms with E-state index in [1.165, 1.54) is 0 Å². The first kappa shape index (κ1) is 17.3. The van der Waals surface area contributed by atoms with Gasteiger partial charge in [-0.2, -0.15) is 0 Å². The van der Waals surface area contributed by atoms with E-state index in [9.17, 15) is 4.79 Å². The van der Waals surface area contributed by atoms with E-state index >= 15 is 0 Å². The molecule has 1 heterocycles. The molecule has 0 aliphatic heterocycles. The Labute approximate surface area is 142 Å². The van der Waals surface area contributed by atoms with Crippen molar-refractivity contribution in [3.05, 3.63) is 58.9 Å². The maximum absolute atomic E-state index is 12.3. The van der Waals surface area contributed by atoms with Crippen LogP contribution < -0.4 is 10.2 Å². The summed E-state index contributed by atoms with van der Waals surface area (Å²) in [5.74, 6) is -0.175. The number of carbonyl (C=O) groups is 1. The predicted octanol–water partition coefficient (Wildman–Crippen LogP) is 3.90. The van der Waals surface area contributed by atoms with Crippen LogP contribution in [0.15, 0.2) is 42.6 Å². The van der Waals surface area contributed by atoms with Crippen molar-refractivity contribution in [2.75, 3.05) is 18.5 Å². The van der Waals surface area contributed by atoms with Crippen molar-refractivity contribution in [1.82, 2.24) is 10.3 Å². The Kier molecular flexibility index (Phi) is 6.41. The van der Waals surface area contributed by atoms with Gasteiger partial charge in [0.1, 0.15) is 5.69 Å². The second kappa shape index (κ2) is 8.53. The third kappa shape index (κ3) is 5.25. The molecule has 0 radical (unpaired) electrons. The minimum atomic E-state index is -0.175. The third-order valence-corrected chi connectivity index (χ3v) is 3.88. The first-order valence-corrected chi connectivity index (χ1v) is 8.17. The molecule has 0 fully saturated rings. The van der Waals surface area contributed by atoms with Crippen LogP contribution in [0.4, 0.5) is 5.69 Å². The SMILES string of the molecule is CCCCN(C)c1ccnc(C(=O)NCc2ccc(Cl)cc2)c1. The molecule has 0 bridgehead atoms. The first-order chi connectivity index (χ1) is 11.1. The number of anilines is 1. The van der Waals surface area contributed by atoms with Crippen molar-refractivity contribution >= 4 is 23.2 Å². The molecule has 122 valence electrons. The summed E-state index contributed by atoms with van der Waals surface area (Å²) in [6.45, 7) is 3.58. The molecule has 1 N–H and O–H groups in total. The molecule has 2 rings (SSSR count). The van der Waals surface area contributed by atoms with Gasteiger partial charge in [0.05, 0.1) is 0 Å². The topological polar surface area (TPSA) is 45.2 Å². The van der Waals surface area contributed by atoms with Crippen LogP contribution in [-0.4, -0.2) is 24.5 Å². The molecule has 5 heteroatoms. The van der Waals surface area contributed by atoms with Gasteiger partial charge in [-0.1, -0.05) is 37.1 Å². The summed E-state index contributed by atoms with van der Waals surface area (Å²) in [6, 6.07) is 11.2. The van der Waals surface area contributed by atoms with Gasteiger partial charge in [0.2, 0.25) is 0 Å². The predicted molar refractivity (Wildman–Crippen MR) is 95.0 cm³/mol. The molecule has 2 aromatic rings. The lowest BCUT2D eigenvalue weighted by molar-refractivity contribution is 0.0946. The van der Waals surface area contributed by atoms with E-state index < -0.39 is 0 Å². The van der Waals surface area contributed by atoms with Crippen LogP contribution in [0.3, 0.4) is 0 Å². The van der Waals surface area contributed by atoms with E-state index in [0.717, 1.165) is 30.6 Å². The zero-order chi connectivity index (χ0) is 16.7. The number of nitrogens with one attached hydrogen (secondary N) is 1. The van der Waals surface area contributed by atoms with E-state index in [-0.39, 0.29) is 5.91 Å². The fourth-order valence-electron chi connectivity index (χ4n) is 2.18. The number of nitrogens with zero attached hydrogens (tertiary/aromatic N) is 2. The van der Waals surface area contributed by atoms with Crippen molar-refractivity contribution in [2.24, 2.45) is 0 Å². The lowest BCUT2D eigenvalue weighted by atomic mass is 10.2. The van der Waals surface area contributed by atoms with Crippen LogP contribution in [-0.2, 0) is 6.54 Å². The monoisotopic (exact) mass is 331 g/mol. The van der Waals surface area contributed by atoms with Gasteiger partial charge in [0, 0.05) is 37.0 Å². The van der Waals surface area contributed by atoms with E-state index in [1.807, 2.05) is 43.4 Å². The summed E-state index contributed by atoms with van der Waals surface area (Å²) in [6.07, 6.45) is 3.94. The van der Waals surface area contributed by atoms with Gasteiger partial charge < -0.3 is 10.2 Å². The highest BCUT2D eigenvalue weighted by atomic mass is 35.5. The molecular formula is C18H22ClN3O. The Morgan fingerprint density at radius 3 is 2.70 bits per heavy atom. The molecule has 23 heavy (non-hydrogen) atoms. The van der Waals surface area contributed by atoms with Gasteiger partial charge in [-0.05, 0) is 36.2 Å². The van der Waals surface area contributed by atoms with E-state index in [2.05, 4.69) is 22.1 Å². The number of rotatable bonds is 7. The Hall–Kier alpha value is -2.07. The second-order valence-corrected chi connectivity index (χ2v) is 5.92. The highest BCUT2D eigenvalue weighted by Crippen LogP contribution is 2.14. The largest absolute Gasteiger partial charge is 0.374 e. The molecule has 0 saturated heterocycles. The Morgan fingerprint density at radius 2 is 2.00 bits per heavy atom. The molecule has 0 atom stereocenters. The van der Waals surface area contributed by atoms with Crippen molar-refractivity contribution in [3.63, 3.8) is 0 Å². The van der Waals surface area contributed by atoms with Gasteiger partial charge >= 0.3 is 0 Å². The summed E-state index contributed by atoms with van der Waals surface area (Å²) in [5, 5.41) is 3.57. The zero-order valence-corrected chi connectivity index (χ0v) is 14.3. The summed E-state index contributed by atoms with van der Waals surface area (Å²) < 4.78 is 0. The van der Waals surface area contributed by atoms with E-state index in [0.29, 0.717) is 17.3 Å². The van der Waals surface area contributed by atoms with Crippen LogP contribution in [0.25, 0.3) is 0 Å². The lowest BCUT2D eigenvalue weighted by Crippen LogP contribution is -2.25. The van der Waals surface area contributed by atoms with Crippen molar-refractivity contribution in [3.8, 4) is 0 Å². The Balaban J connectivity index is 1.97. The molecule has 0 aliphatic rings. The molecule has 0 aliphatic carbocycles. The van der Waals surface area contributed by atoms with Crippen LogP contribution in [0.5, 0.6) is 0 Å². The van der Waals surface area contributed by atoms with Gasteiger partial charge in [-0.25, -0.2) is 0 Å². The average molecular weight is 332 g/mol. The number of amides is 1. The van der Waals surface area contributed by atoms with Gasteiger partial charge in [0.25, 0.3) is 5.91 Å². The lowest BCUT2D eigenvalue weighted by Gasteiger charge is -2.19. The Morgan fingerprint density at radius 1 is 1.26 bits per heavy atom. The minimum absolute atomic E-state index is 0.175. The summed E-state index contributed by atoms with van der Waals surface area (Å²) >= 11 is 5.85. The Bertz CT molecular complexity index is 643. The number of hydrogen-bond acceptors (Lipinski definition) is 3. The van der Waals surface area contributed by atoms with E-state index in [4.69, 9.17) is 11.6 Å². The van der Waals surface area contributed by atoms with Crippen LogP contribution in [0.1, 0.15) is 35.8 Å². The number of aromatic nitrogens is 1. The number of hydrogen-bond donors (Lipinski definition) is 1. The maximum Gasteiger partial charge on any atom is 0.270 e. The number of unbranched alkanes of at least 4 members (excludes halogenated alkanes) is 1. The van der Waals surface area contributed by atoms with Gasteiger partial charge in [-0.3, -0.25) is 9.78 Å². The standard InChI is InChI=1S/C18H22ClN3O/c1-3-4-11-22(2)16-9-10-20-17(12-16)18(23)21-13-14-5-7-15(19)8-6-14/h5-10,12H,3-4,11,13H2,1-2H3,(H,21,23). The van der Waals surface area contributed by atoms with E-state index in [1.54, 1.807) is 6.20 Å². The molecule has 4 nitrogen and oxygen atoms in total. The fraction of sp³-hybridized carbons (Fsp3) is 0.333. The zero-order valence-electron chi connectivity index (χ0n) is 13.6. The molecular weight excluding hydrogens is 310 g/mol. The van der Waals surface area contributed by atoms with Crippen molar-refractivity contribution in [1.29, 1.82) is 0 Å². The number of halogens is 1. The van der Waals surface area contributed by atoms with Gasteiger partial charge in [-0.15, -0.1) is 0 Å². The van der Waals surface area contributed by atoms with Crippen LogP contribution in [0.2, 0.25) is 5.02 Å². The fourth-order valence-corrected chi connectivity index (χ4v) is 2.31. The average Bonchev–Trinajstić information content (AvgIpc) is 2.59. The van der Waals surface area contributed by atoms with Crippen LogP contribution >= 0.6 is 11.6 Å². The second-order valence-electron chi connectivity index (χ2n) is 5.48. The van der Waals surface area contributed by atoms with Crippen LogP contribution in [0, 0.1) is 0 Å². The maximum atomic E-state index is 12.3. The summed E-state index contributed by atoms with van der Waals surface area (Å²) in [5.41, 5.74) is 2.43. The molecule has 1 aromatic carbocycles. The molecule has 0 saturated carbocycles. The van der Waals surface area contributed by atoms with Crippen molar-refractivity contribution in [2.45, 2.75) is 26.3 Å². The number of pyridine rings is 1. The summed E-state index contributed by atoms with van der Waals surface area (Å²) in [7, 11) is 2.03. The number of benzene rings is 1. The molecule has 1 aromatic heterocycles.